The van der Waals surface area contributed by atoms with Crippen LogP contribution >= 0.6 is 0 Å². The van der Waals surface area contributed by atoms with E-state index >= 15 is 0 Å². The fraction of sp³-hybridized carbons (Fsp3) is 0.273. The van der Waals surface area contributed by atoms with Gasteiger partial charge in [0.2, 0.25) is 0 Å². The summed E-state index contributed by atoms with van der Waals surface area (Å²) in [7, 11) is 0. The van der Waals surface area contributed by atoms with E-state index in [2.05, 4.69) is 13.2 Å². The van der Waals surface area contributed by atoms with Gasteiger partial charge in [0.15, 0.2) is 11.5 Å². The van der Waals surface area contributed by atoms with Crippen LogP contribution in [0.3, 0.4) is 0 Å². The minimum absolute atomic E-state index is 0.0915. The van der Waals surface area contributed by atoms with Crippen molar-refractivity contribution in [1.82, 2.24) is 0 Å². The molecule has 0 atom stereocenters. The number of ether oxygens (including phenoxy) is 4. The van der Waals surface area contributed by atoms with Crippen molar-refractivity contribution in [2.24, 2.45) is 0 Å². The fourth-order valence-corrected chi connectivity index (χ4v) is 2.24. The highest BCUT2D eigenvalue weighted by Gasteiger charge is 2.10. The maximum Gasteiger partial charge on any atom is 0.333 e. The zero-order chi connectivity index (χ0) is 20.5. The van der Waals surface area contributed by atoms with Gasteiger partial charge in [0.1, 0.15) is 26.4 Å². The molecule has 0 aliphatic rings. The smallest absolute Gasteiger partial charge is 0.333 e. The van der Waals surface area contributed by atoms with Crippen molar-refractivity contribution in [1.29, 1.82) is 0 Å². The van der Waals surface area contributed by atoms with Crippen molar-refractivity contribution < 1.29 is 28.5 Å². The first-order valence-electron chi connectivity index (χ1n) is 8.82. The van der Waals surface area contributed by atoms with Gasteiger partial charge in [-0.1, -0.05) is 37.4 Å². The summed E-state index contributed by atoms with van der Waals surface area (Å²) in [5.74, 6) is 0.100. The van der Waals surface area contributed by atoms with Crippen LogP contribution in [0.5, 0.6) is 11.5 Å². The first-order chi connectivity index (χ1) is 13.4. The molecule has 2 rings (SSSR count). The summed E-state index contributed by atoms with van der Waals surface area (Å²) >= 11 is 0. The zero-order valence-electron chi connectivity index (χ0n) is 16.2. The first kappa shape index (κ1) is 21.0. The Kier molecular flexibility index (Phi) is 7.63. The molecule has 0 heterocycles. The summed E-state index contributed by atoms with van der Waals surface area (Å²) in [6, 6.07) is 11.5. The van der Waals surface area contributed by atoms with Crippen LogP contribution in [-0.2, 0) is 19.1 Å². The quantitative estimate of drug-likeness (QED) is 0.352. The minimum Gasteiger partial charge on any atom is -0.486 e. The van der Waals surface area contributed by atoms with E-state index < -0.39 is 11.9 Å². The van der Waals surface area contributed by atoms with Gasteiger partial charge >= 0.3 is 11.9 Å². The normalized spacial score (nSPS) is 10.2. The molecule has 0 amide bonds. The zero-order valence-corrected chi connectivity index (χ0v) is 16.2. The van der Waals surface area contributed by atoms with Crippen LogP contribution in [0, 0.1) is 0 Å². The highest BCUT2D eigenvalue weighted by atomic mass is 16.6. The van der Waals surface area contributed by atoms with Crippen molar-refractivity contribution in [2.45, 2.75) is 13.8 Å². The second-order valence-corrected chi connectivity index (χ2v) is 6.18. The number of carbonyl (C=O) groups is 2. The molecule has 148 valence electrons. The molecule has 0 radical (unpaired) electrons. The maximum atomic E-state index is 11.4. The molecule has 6 heteroatoms. The number of hydrogen-bond acceptors (Lipinski definition) is 6. The van der Waals surface area contributed by atoms with Crippen LogP contribution < -0.4 is 9.47 Å². The van der Waals surface area contributed by atoms with Crippen molar-refractivity contribution >= 4 is 22.7 Å². The Bertz CT molecular complexity index is 811. The summed E-state index contributed by atoms with van der Waals surface area (Å²) in [5, 5.41) is 1.97. The Morgan fingerprint density at radius 2 is 1.14 bits per heavy atom. The number of hydrogen-bond donors (Lipinski definition) is 0. The first-order valence-corrected chi connectivity index (χ1v) is 8.82. The van der Waals surface area contributed by atoms with E-state index in [-0.39, 0.29) is 26.4 Å². The molecule has 2 aromatic rings. The lowest BCUT2D eigenvalue weighted by molar-refractivity contribution is -0.140. The summed E-state index contributed by atoms with van der Waals surface area (Å²) < 4.78 is 21.5. The molecule has 0 N–H and O–H groups in total. The lowest BCUT2D eigenvalue weighted by atomic mass is 10.1. The van der Waals surface area contributed by atoms with Crippen molar-refractivity contribution in [3.8, 4) is 11.5 Å². The molecule has 28 heavy (non-hydrogen) atoms. The highest BCUT2D eigenvalue weighted by Crippen LogP contribution is 2.32. The van der Waals surface area contributed by atoms with E-state index in [1.54, 1.807) is 13.8 Å². The van der Waals surface area contributed by atoms with Crippen molar-refractivity contribution in [2.75, 3.05) is 26.4 Å². The van der Waals surface area contributed by atoms with Gasteiger partial charge < -0.3 is 18.9 Å². The van der Waals surface area contributed by atoms with Gasteiger partial charge in [-0.2, -0.15) is 0 Å². The standard InChI is InChI=1S/C22H24O6/c1-15(2)21(23)27-11-9-25-19-13-17-7-5-6-8-18(17)14-20(19)26-10-12-28-22(24)16(3)4/h5-8,13-14H,1,3,9-12H2,2,4H3. The number of benzene rings is 2. The van der Waals surface area contributed by atoms with Crippen LogP contribution in [0.2, 0.25) is 0 Å². The lowest BCUT2D eigenvalue weighted by Gasteiger charge is -2.14. The molecule has 0 saturated carbocycles. The second-order valence-electron chi connectivity index (χ2n) is 6.18. The minimum atomic E-state index is -0.460. The average molecular weight is 384 g/mol. The predicted octanol–water partition coefficient (Wildman–Crippen LogP) is 3.84. The van der Waals surface area contributed by atoms with Crippen molar-refractivity contribution in [3.63, 3.8) is 0 Å². The van der Waals surface area contributed by atoms with Gasteiger partial charge in [0.25, 0.3) is 0 Å². The molecule has 0 fully saturated rings. The number of carbonyl (C=O) groups excluding carboxylic acids is 2. The predicted molar refractivity (Wildman–Crippen MR) is 106 cm³/mol. The Morgan fingerprint density at radius 1 is 0.750 bits per heavy atom. The van der Waals surface area contributed by atoms with Gasteiger partial charge in [-0.25, -0.2) is 9.59 Å². The third-order valence-corrected chi connectivity index (χ3v) is 3.66. The molecule has 0 bridgehead atoms. The molecule has 0 unspecified atom stereocenters. The average Bonchev–Trinajstić information content (AvgIpc) is 2.67. The second kappa shape index (κ2) is 10.2. The Hall–Kier alpha value is -3.28. The molecule has 0 saturated heterocycles. The topological polar surface area (TPSA) is 71.1 Å². The van der Waals surface area contributed by atoms with Crippen LogP contribution in [0.15, 0.2) is 60.7 Å². The van der Waals surface area contributed by atoms with E-state index in [4.69, 9.17) is 18.9 Å². The van der Waals surface area contributed by atoms with Gasteiger partial charge in [0, 0.05) is 11.1 Å². The summed E-state index contributed by atoms with van der Waals surface area (Å²) in [5.41, 5.74) is 0.665. The van der Waals surface area contributed by atoms with Crippen LogP contribution in [-0.4, -0.2) is 38.4 Å². The van der Waals surface area contributed by atoms with Crippen LogP contribution in [0.4, 0.5) is 0 Å². The van der Waals surface area contributed by atoms with Crippen LogP contribution in [0.25, 0.3) is 10.8 Å². The molecule has 0 spiro atoms. The third-order valence-electron chi connectivity index (χ3n) is 3.66. The Balaban J connectivity index is 2.01. The number of esters is 2. The monoisotopic (exact) mass is 384 g/mol. The number of fused-ring (bicyclic) bond motifs is 1. The highest BCUT2D eigenvalue weighted by molar-refractivity contribution is 5.87. The molecule has 0 aliphatic heterocycles. The van der Waals surface area contributed by atoms with Crippen LogP contribution in [0.1, 0.15) is 13.8 Å². The van der Waals surface area contributed by atoms with Gasteiger partial charge in [0.05, 0.1) is 0 Å². The summed E-state index contributed by atoms with van der Waals surface area (Å²) in [4.78, 5) is 22.8. The fourth-order valence-electron chi connectivity index (χ4n) is 2.24. The van der Waals surface area contributed by atoms with Crippen molar-refractivity contribution in [3.05, 3.63) is 60.7 Å². The lowest BCUT2D eigenvalue weighted by Crippen LogP contribution is -2.14. The van der Waals surface area contributed by atoms with E-state index in [1.165, 1.54) is 0 Å². The summed E-state index contributed by atoms with van der Waals surface area (Å²) in [6.45, 7) is 10.7. The van der Waals surface area contributed by atoms with E-state index in [9.17, 15) is 9.59 Å². The molecule has 6 nitrogen and oxygen atoms in total. The van der Waals surface area contributed by atoms with Gasteiger partial charge in [-0.05, 0) is 36.8 Å². The van der Waals surface area contributed by atoms with E-state index in [0.717, 1.165) is 10.8 Å². The van der Waals surface area contributed by atoms with Gasteiger partial charge in [-0.3, -0.25) is 0 Å². The molecular formula is C22H24O6. The molecular weight excluding hydrogens is 360 g/mol. The Morgan fingerprint density at radius 3 is 1.50 bits per heavy atom. The largest absolute Gasteiger partial charge is 0.486 e. The van der Waals surface area contributed by atoms with Gasteiger partial charge in [-0.15, -0.1) is 0 Å². The van der Waals surface area contributed by atoms with E-state index in [0.29, 0.717) is 22.6 Å². The summed E-state index contributed by atoms with van der Waals surface area (Å²) in [6.07, 6.45) is 0. The Labute approximate surface area is 164 Å². The molecule has 0 aromatic heterocycles. The third kappa shape index (κ3) is 6.16. The van der Waals surface area contributed by atoms with E-state index in [1.807, 2.05) is 36.4 Å². The maximum absolute atomic E-state index is 11.4. The molecule has 0 aliphatic carbocycles. The SMILES string of the molecule is C=C(C)C(=O)OCCOc1cc2ccccc2cc1OCCOC(=O)C(=C)C. The molecule has 2 aromatic carbocycles. The number of rotatable bonds is 10.